The smallest absolute Gasteiger partial charge is 0.0882 e. The number of para-hydroxylation sites is 1. The fraction of sp³-hybridized carbons (Fsp3) is 0.111. The zero-order valence-corrected chi connectivity index (χ0v) is 8.01. The average molecular weight is 225 g/mol. The molecular formula is C9H9BrN2. The van der Waals surface area contributed by atoms with Crippen LogP contribution in [0.4, 0.5) is 0 Å². The van der Waals surface area contributed by atoms with Gasteiger partial charge in [-0.25, -0.2) is 0 Å². The van der Waals surface area contributed by atoms with Crippen molar-refractivity contribution in [2.75, 3.05) is 0 Å². The first-order chi connectivity index (χ1) is 5.79. The van der Waals surface area contributed by atoms with E-state index in [9.17, 15) is 0 Å². The molecule has 0 fully saturated rings. The van der Waals surface area contributed by atoms with E-state index in [1.165, 1.54) is 5.39 Å². The van der Waals surface area contributed by atoms with Crippen LogP contribution in [0.25, 0.3) is 10.9 Å². The van der Waals surface area contributed by atoms with E-state index >= 15 is 0 Å². The minimum absolute atomic E-state index is 0.0892. The zero-order valence-electron chi connectivity index (χ0n) is 6.42. The Hall–Kier alpha value is -0.800. The van der Waals surface area contributed by atoms with Crippen LogP contribution in [0.2, 0.25) is 0 Å². The van der Waals surface area contributed by atoms with E-state index in [2.05, 4.69) is 27.0 Å². The lowest BCUT2D eigenvalue weighted by atomic mass is 10.2. The molecule has 12 heavy (non-hydrogen) atoms. The summed E-state index contributed by atoms with van der Waals surface area (Å²) in [6, 6.07) is 8.11. The number of aromatic amines is 1. The number of H-pyrrole nitrogens is 1. The molecule has 3 N–H and O–H groups in total. The number of halogens is 1. The summed E-state index contributed by atoms with van der Waals surface area (Å²) in [6.07, 6.45) is 1.93. The van der Waals surface area contributed by atoms with Crippen LogP contribution in [0, 0.1) is 0 Å². The molecule has 1 unspecified atom stereocenters. The van der Waals surface area contributed by atoms with Gasteiger partial charge in [0.15, 0.2) is 0 Å². The van der Waals surface area contributed by atoms with Gasteiger partial charge in [0.2, 0.25) is 0 Å². The summed E-state index contributed by atoms with van der Waals surface area (Å²) in [5, 5.41) is 1.18. The van der Waals surface area contributed by atoms with E-state index in [-0.39, 0.29) is 4.95 Å². The number of hydrogen-bond donors (Lipinski definition) is 2. The highest BCUT2D eigenvalue weighted by molar-refractivity contribution is 9.09. The van der Waals surface area contributed by atoms with Crippen molar-refractivity contribution in [1.29, 1.82) is 0 Å². The normalized spacial score (nSPS) is 13.5. The van der Waals surface area contributed by atoms with E-state index in [1.807, 2.05) is 24.4 Å². The van der Waals surface area contributed by atoms with Gasteiger partial charge in [0.05, 0.1) is 4.95 Å². The van der Waals surface area contributed by atoms with Gasteiger partial charge >= 0.3 is 0 Å². The molecule has 2 rings (SSSR count). The van der Waals surface area contributed by atoms with Gasteiger partial charge in [0, 0.05) is 22.7 Å². The minimum atomic E-state index is -0.0892. The van der Waals surface area contributed by atoms with E-state index in [0.29, 0.717) is 0 Å². The largest absolute Gasteiger partial charge is 0.361 e. The molecule has 1 atom stereocenters. The number of fused-ring (bicyclic) bond motifs is 1. The third-order valence-corrected chi connectivity index (χ3v) is 2.41. The molecule has 0 bridgehead atoms. The Morgan fingerprint density at radius 3 is 2.83 bits per heavy atom. The number of nitrogens with one attached hydrogen (secondary N) is 1. The summed E-state index contributed by atoms with van der Waals surface area (Å²) in [6.45, 7) is 0. The second kappa shape index (κ2) is 2.92. The van der Waals surface area contributed by atoms with Crippen molar-refractivity contribution in [3.05, 3.63) is 36.0 Å². The maximum Gasteiger partial charge on any atom is 0.0882 e. The van der Waals surface area contributed by atoms with Gasteiger partial charge in [0.25, 0.3) is 0 Å². The Bertz CT molecular complexity index is 392. The van der Waals surface area contributed by atoms with Crippen molar-refractivity contribution in [2.24, 2.45) is 5.73 Å². The molecule has 0 aliphatic rings. The summed E-state index contributed by atoms with van der Waals surface area (Å²) in [7, 11) is 0. The molecule has 1 aromatic carbocycles. The van der Waals surface area contributed by atoms with Crippen LogP contribution in [-0.2, 0) is 0 Å². The average Bonchev–Trinajstić information content (AvgIpc) is 2.47. The van der Waals surface area contributed by atoms with Crippen molar-refractivity contribution < 1.29 is 0 Å². The Labute approximate surface area is 78.9 Å². The maximum atomic E-state index is 5.72. The van der Waals surface area contributed by atoms with E-state index in [0.717, 1.165) is 11.1 Å². The molecule has 0 radical (unpaired) electrons. The monoisotopic (exact) mass is 224 g/mol. The Morgan fingerprint density at radius 1 is 1.33 bits per heavy atom. The Balaban J connectivity index is 2.70. The van der Waals surface area contributed by atoms with Crippen LogP contribution in [0.5, 0.6) is 0 Å². The van der Waals surface area contributed by atoms with Crippen LogP contribution < -0.4 is 5.73 Å². The predicted molar refractivity (Wildman–Crippen MR) is 54.2 cm³/mol. The second-order valence-electron chi connectivity index (χ2n) is 2.69. The molecule has 62 valence electrons. The number of benzene rings is 1. The second-order valence-corrected chi connectivity index (χ2v) is 3.68. The third-order valence-electron chi connectivity index (χ3n) is 1.92. The highest BCUT2D eigenvalue weighted by Gasteiger charge is 2.06. The molecule has 1 heterocycles. The lowest BCUT2D eigenvalue weighted by Crippen LogP contribution is -1.99. The van der Waals surface area contributed by atoms with Gasteiger partial charge in [-0.3, -0.25) is 0 Å². The van der Waals surface area contributed by atoms with Gasteiger partial charge in [-0.05, 0) is 6.07 Å². The SMILES string of the molecule is NC(Br)c1c[nH]c2ccccc12. The molecule has 0 aliphatic heterocycles. The van der Waals surface area contributed by atoms with Crippen LogP contribution >= 0.6 is 15.9 Å². The molecule has 1 aromatic heterocycles. The lowest BCUT2D eigenvalue weighted by molar-refractivity contribution is 1.07. The van der Waals surface area contributed by atoms with Crippen molar-refractivity contribution in [3.8, 4) is 0 Å². The quantitative estimate of drug-likeness (QED) is 0.568. The number of aromatic nitrogens is 1. The molecule has 2 aromatic rings. The Morgan fingerprint density at radius 2 is 2.08 bits per heavy atom. The summed E-state index contributed by atoms with van der Waals surface area (Å²) in [5.74, 6) is 0. The van der Waals surface area contributed by atoms with Crippen LogP contribution in [0.1, 0.15) is 10.5 Å². The Kier molecular flexibility index (Phi) is 1.90. The topological polar surface area (TPSA) is 41.8 Å². The molecule has 2 nitrogen and oxygen atoms in total. The van der Waals surface area contributed by atoms with E-state index in [4.69, 9.17) is 5.73 Å². The van der Waals surface area contributed by atoms with Gasteiger partial charge in [-0.2, -0.15) is 0 Å². The lowest BCUT2D eigenvalue weighted by Gasteiger charge is -1.99. The number of nitrogens with two attached hydrogens (primary N) is 1. The number of alkyl halides is 1. The molecule has 0 saturated heterocycles. The molecule has 0 saturated carbocycles. The van der Waals surface area contributed by atoms with Gasteiger partial charge in [-0.15, -0.1) is 0 Å². The highest BCUT2D eigenvalue weighted by Crippen LogP contribution is 2.25. The summed E-state index contributed by atoms with van der Waals surface area (Å²) >= 11 is 3.34. The van der Waals surface area contributed by atoms with Crippen LogP contribution in [-0.4, -0.2) is 4.98 Å². The first-order valence-corrected chi connectivity index (χ1v) is 4.66. The van der Waals surface area contributed by atoms with E-state index in [1.54, 1.807) is 0 Å². The van der Waals surface area contributed by atoms with Crippen LogP contribution in [0.15, 0.2) is 30.5 Å². The summed E-state index contributed by atoms with van der Waals surface area (Å²) in [5.41, 5.74) is 7.95. The summed E-state index contributed by atoms with van der Waals surface area (Å²) < 4.78 is 0. The van der Waals surface area contributed by atoms with Gasteiger partial charge in [0.1, 0.15) is 0 Å². The van der Waals surface area contributed by atoms with Crippen LogP contribution in [0.3, 0.4) is 0 Å². The molecule has 0 aliphatic carbocycles. The fourth-order valence-corrected chi connectivity index (χ4v) is 1.70. The van der Waals surface area contributed by atoms with Gasteiger partial charge < -0.3 is 10.7 Å². The van der Waals surface area contributed by atoms with Crippen molar-refractivity contribution >= 4 is 26.8 Å². The van der Waals surface area contributed by atoms with Crippen molar-refractivity contribution in [1.82, 2.24) is 4.98 Å². The van der Waals surface area contributed by atoms with Crippen molar-refractivity contribution in [3.63, 3.8) is 0 Å². The molecular weight excluding hydrogens is 216 g/mol. The summed E-state index contributed by atoms with van der Waals surface area (Å²) in [4.78, 5) is 3.07. The third kappa shape index (κ3) is 1.15. The maximum absolute atomic E-state index is 5.72. The highest BCUT2D eigenvalue weighted by atomic mass is 79.9. The number of rotatable bonds is 1. The van der Waals surface area contributed by atoms with Crippen molar-refractivity contribution in [2.45, 2.75) is 4.95 Å². The van der Waals surface area contributed by atoms with Gasteiger partial charge in [-0.1, -0.05) is 34.1 Å². The molecule has 0 amide bonds. The first kappa shape index (κ1) is 7.83. The minimum Gasteiger partial charge on any atom is -0.361 e. The molecule has 3 heteroatoms. The predicted octanol–water partition coefficient (Wildman–Crippen LogP) is 2.52. The molecule has 0 spiro atoms. The zero-order chi connectivity index (χ0) is 8.55. The fourth-order valence-electron chi connectivity index (χ4n) is 1.32. The van der Waals surface area contributed by atoms with E-state index < -0.39 is 0 Å². The first-order valence-electron chi connectivity index (χ1n) is 3.74. The number of hydrogen-bond acceptors (Lipinski definition) is 1. The standard InChI is InChI=1S/C9H9BrN2/c10-9(11)7-5-12-8-4-2-1-3-6(7)8/h1-5,9,12H,11H2.